The quantitative estimate of drug-likeness (QED) is 0.585. The Balaban J connectivity index is 0.000000569. The van der Waals surface area contributed by atoms with E-state index in [1.807, 2.05) is 13.0 Å². The van der Waals surface area contributed by atoms with Crippen molar-refractivity contribution in [1.82, 2.24) is 9.80 Å². The lowest BCUT2D eigenvalue weighted by atomic mass is 10.1. The first-order chi connectivity index (χ1) is 15.9. The number of benzene rings is 2. The smallest absolute Gasteiger partial charge is 0.414 e. The molecule has 0 saturated carbocycles. The fourth-order valence-electron chi connectivity index (χ4n) is 3.38. The van der Waals surface area contributed by atoms with Crippen LogP contribution in [0.3, 0.4) is 0 Å². The zero-order valence-electron chi connectivity index (χ0n) is 19.1. The van der Waals surface area contributed by atoms with E-state index in [1.165, 1.54) is 11.1 Å². The van der Waals surface area contributed by atoms with Crippen LogP contribution in [0.15, 0.2) is 54.6 Å². The van der Waals surface area contributed by atoms with Gasteiger partial charge < -0.3 is 19.7 Å². The first kappa shape index (κ1) is 25.9. The monoisotopic (exact) mass is 456 g/mol. The van der Waals surface area contributed by atoms with E-state index in [-0.39, 0.29) is 0 Å². The summed E-state index contributed by atoms with van der Waals surface area (Å²) in [4.78, 5) is 23.2. The van der Waals surface area contributed by atoms with Crippen LogP contribution in [-0.4, -0.2) is 78.4 Å². The van der Waals surface area contributed by atoms with E-state index in [0.29, 0.717) is 6.61 Å². The summed E-state index contributed by atoms with van der Waals surface area (Å²) in [6.07, 6.45) is 4.47. The Morgan fingerprint density at radius 1 is 0.939 bits per heavy atom. The molecule has 0 amide bonds. The van der Waals surface area contributed by atoms with Gasteiger partial charge in [0.1, 0.15) is 0 Å². The predicted molar refractivity (Wildman–Crippen MR) is 127 cm³/mol. The van der Waals surface area contributed by atoms with Gasteiger partial charge in [-0.3, -0.25) is 9.80 Å². The van der Waals surface area contributed by atoms with Gasteiger partial charge >= 0.3 is 11.9 Å². The molecule has 2 aromatic carbocycles. The van der Waals surface area contributed by atoms with Crippen LogP contribution in [0.2, 0.25) is 0 Å². The van der Waals surface area contributed by atoms with Gasteiger partial charge in [0.2, 0.25) is 0 Å². The van der Waals surface area contributed by atoms with E-state index in [4.69, 9.17) is 29.3 Å². The number of carboxylic acids is 2. The van der Waals surface area contributed by atoms with E-state index < -0.39 is 11.9 Å². The van der Waals surface area contributed by atoms with Crippen molar-refractivity contribution < 1.29 is 29.3 Å². The Labute approximate surface area is 194 Å². The summed E-state index contributed by atoms with van der Waals surface area (Å²) in [5.74, 6) is -2.01. The molecule has 3 rings (SSSR count). The Kier molecular flexibility index (Phi) is 10.9. The molecule has 0 unspecified atom stereocenters. The highest BCUT2D eigenvalue weighted by Gasteiger charge is 2.16. The molecule has 0 bridgehead atoms. The maximum atomic E-state index is 9.10. The van der Waals surface area contributed by atoms with Crippen molar-refractivity contribution in [3.63, 3.8) is 0 Å². The van der Waals surface area contributed by atoms with Crippen LogP contribution in [0.25, 0.3) is 6.08 Å². The largest absolute Gasteiger partial charge is 0.493 e. The number of rotatable bonds is 8. The van der Waals surface area contributed by atoms with Gasteiger partial charge in [-0.15, -0.1) is 0 Å². The zero-order valence-corrected chi connectivity index (χ0v) is 19.1. The molecule has 2 aromatic rings. The Morgan fingerprint density at radius 3 is 2.15 bits per heavy atom. The summed E-state index contributed by atoms with van der Waals surface area (Å²) in [6.45, 7) is 9.00. The minimum absolute atomic E-state index is 0.649. The topological polar surface area (TPSA) is 99.5 Å². The molecule has 33 heavy (non-hydrogen) atoms. The molecule has 8 nitrogen and oxygen atoms in total. The van der Waals surface area contributed by atoms with Crippen LogP contribution in [0, 0.1) is 0 Å². The van der Waals surface area contributed by atoms with Crippen LogP contribution in [0.4, 0.5) is 0 Å². The van der Waals surface area contributed by atoms with Crippen LogP contribution in [0.5, 0.6) is 11.5 Å². The first-order valence-electron chi connectivity index (χ1n) is 10.8. The number of hydrogen-bond acceptors (Lipinski definition) is 6. The van der Waals surface area contributed by atoms with Crippen LogP contribution < -0.4 is 9.47 Å². The number of hydrogen-bond donors (Lipinski definition) is 2. The molecule has 1 aliphatic heterocycles. The summed E-state index contributed by atoms with van der Waals surface area (Å²) in [6, 6.07) is 16.7. The van der Waals surface area contributed by atoms with Crippen molar-refractivity contribution in [2.24, 2.45) is 0 Å². The highest BCUT2D eigenvalue weighted by Crippen LogP contribution is 2.28. The second-order valence-electron chi connectivity index (χ2n) is 7.42. The molecule has 0 radical (unpaired) electrons. The minimum atomic E-state index is -1.82. The number of methoxy groups -OCH3 is 1. The molecule has 1 heterocycles. The van der Waals surface area contributed by atoms with Crippen LogP contribution in [-0.2, 0) is 16.1 Å². The van der Waals surface area contributed by atoms with E-state index in [2.05, 4.69) is 64.4 Å². The summed E-state index contributed by atoms with van der Waals surface area (Å²) < 4.78 is 11.1. The molecular weight excluding hydrogens is 424 g/mol. The number of aliphatic carboxylic acids is 2. The van der Waals surface area contributed by atoms with Gasteiger partial charge in [-0.05, 0) is 30.2 Å². The van der Waals surface area contributed by atoms with Gasteiger partial charge in [0.25, 0.3) is 0 Å². The maximum absolute atomic E-state index is 9.10. The van der Waals surface area contributed by atoms with Gasteiger partial charge in [-0.25, -0.2) is 9.59 Å². The normalized spacial score (nSPS) is 14.4. The average Bonchev–Trinajstić information content (AvgIpc) is 2.82. The third-order valence-corrected chi connectivity index (χ3v) is 5.06. The van der Waals surface area contributed by atoms with Gasteiger partial charge in [0, 0.05) is 39.3 Å². The molecule has 178 valence electrons. The lowest BCUT2D eigenvalue weighted by molar-refractivity contribution is -0.159. The Bertz CT molecular complexity index is 896. The fourth-order valence-corrected chi connectivity index (χ4v) is 3.38. The van der Waals surface area contributed by atoms with Crippen molar-refractivity contribution in [1.29, 1.82) is 0 Å². The number of carboxylic acid groups (broad SMARTS) is 2. The zero-order chi connectivity index (χ0) is 24.1. The van der Waals surface area contributed by atoms with E-state index in [0.717, 1.165) is 50.8 Å². The van der Waals surface area contributed by atoms with Crippen molar-refractivity contribution >= 4 is 18.0 Å². The number of piperazine rings is 1. The third-order valence-electron chi connectivity index (χ3n) is 5.06. The fraction of sp³-hybridized carbons (Fsp3) is 0.360. The van der Waals surface area contributed by atoms with Crippen LogP contribution in [0.1, 0.15) is 18.1 Å². The highest BCUT2D eigenvalue weighted by molar-refractivity contribution is 6.27. The molecule has 0 aromatic heterocycles. The van der Waals surface area contributed by atoms with Crippen molar-refractivity contribution in [3.05, 3.63) is 65.7 Å². The standard InChI is InChI=1S/C23H30N2O2.C2H2O4/c1-3-27-22-12-11-21(18-23(22)26-2)19-25-16-14-24(15-17-25)13-7-10-20-8-5-4-6-9-20;3-1(4)2(5)6/h4-12,18H,3,13-17,19H2,1-2H3;(H,3,4)(H,5,6)/b10-7+;. The Morgan fingerprint density at radius 2 is 1.58 bits per heavy atom. The minimum Gasteiger partial charge on any atom is -0.493 e. The van der Waals surface area contributed by atoms with E-state index in [1.54, 1.807) is 7.11 Å². The van der Waals surface area contributed by atoms with E-state index >= 15 is 0 Å². The SMILES string of the molecule is CCOc1ccc(CN2CCN(C/C=C/c3ccccc3)CC2)cc1OC.O=C(O)C(=O)O. The Hall–Kier alpha value is -3.36. The molecule has 1 fully saturated rings. The van der Waals surface area contributed by atoms with Crippen molar-refractivity contribution in [2.45, 2.75) is 13.5 Å². The second-order valence-corrected chi connectivity index (χ2v) is 7.42. The molecule has 0 atom stereocenters. The highest BCUT2D eigenvalue weighted by atomic mass is 16.5. The number of nitrogens with zero attached hydrogens (tertiary/aromatic N) is 2. The lowest BCUT2D eigenvalue weighted by Crippen LogP contribution is -2.45. The van der Waals surface area contributed by atoms with Gasteiger partial charge in [-0.1, -0.05) is 48.6 Å². The second kappa shape index (κ2) is 13.9. The van der Waals surface area contributed by atoms with Crippen molar-refractivity contribution in [3.8, 4) is 11.5 Å². The lowest BCUT2D eigenvalue weighted by Gasteiger charge is -2.34. The summed E-state index contributed by atoms with van der Waals surface area (Å²) >= 11 is 0. The maximum Gasteiger partial charge on any atom is 0.414 e. The average molecular weight is 457 g/mol. The summed E-state index contributed by atoms with van der Waals surface area (Å²) in [5, 5.41) is 14.8. The summed E-state index contributed by atoms with van der Waals surface area (Å²) in [7, 11) is 1.70. The molecular formula is C25H32N2O6. The molecule has 0 aliphatic carbocycles. The molecule has 8 heteroatoms. The number of ether oxygens (including phenoxy) is 2. The number of carbonyl (C=O) groups is 2. The molecule has 0 spiro atoms. The van der Waals surface area contributed by atoms with Crippen LogP contribution >= 0.6 is 0 Å². The predicted octanol–water partition coefficient (Wildman–Crippen LogP) is 3.08. The molecule has 1 aliphatic rings. The first-order valence-corrected chi connectivity index (χ1v) is 10.8. The van der Waals surface area contributed by atoms with Gasteiger partial charge in [0.15, 0.2) is 11.5 Å². The van der Waals surface area contributed by atoms with E-state index in [9.17, 15) is 0 Å². The van der Waals surface area contributed by atoms with Gasteiger partial charge in [0.05, 0.1) is 13.7 Å². The third kappa shape index (κ3) is 9.34. The molecule has 2 N–H and O–H groups in total. The van der Waals surface area contributed by atoms with Crippen molar-refractivity contribution in [2.75, 3.05) is 46.4 Å². The molecule has 1 saturated heterocycles. The summed E-state index contributed by atoms with van der Waals surface area (Å²) in [5.41, 5.74) is 2.54. The van der Waals surface area contributed by atoms with Gasteiger partial charge in [-0.2, -0.15) is 0 Å².